The predicted octanol–water partition coefficient (Wildman–Crippen LogP) is 9.65. The Labute approximate surface area is 431 Å². The summed E-state index contributed by atoms with van der Waals surface area (Å²) in [5, 5.41) is 20.9. The number of unbranched alkanes of at least 4 members (excludes halogenated alkanes) is 8. The van der Waals surface area contributed by atoms with Gasteiger partial charge in [-0.05, 0) is 96.0 Å². The van der Waals surface area contributed by atoms with Crippen molar-refractivity contribution in [2.45, 2.75) is 185 Å². The molecule has 0 saturated carbocycles. The van der Waals surface area contributed by atoms with E-state index in [2.05, 4.69) is 96.1 Å². The van der Waals surface area contributed by atoms with Crippen molar-refractivity contribution in [3.05, 3.63) is 108 Å². The zero-order chi connectivity index (χ0) is 53.2. The van der Waals surface area contributed by atoms with E-state index in [0.29, 0.717) is 25.4 Å². The number of phosphoric acid groups is 2. The molecule has 3 heterocycles. The fourth-order valence-electron chi connectivity index (χ4n) is 7.28. The molecule has 2 fully saturated rings. The quantitative estimate of drug-likeness (QED) is 0.0134. The van der Waals surface area contributed by atoms with Crippen LogP contribution in [0.2, 0.25) is 0 Å². The van der Waals surface area contributed by atoms with E-state index in [4.69, 9.17) is 33.7 Å². The van der Waals surface area contributed by atoms with E-state index in [1.807, 2.05) is 12.2 Å². The Hall–Kier alpha value is -4.10. The van der Waals surface area contributed by atoms with Crippen molar-refractivity contribution < 1.29 is 71.0 Å². The Bertz CT molecular complexity index is 2120. The van der Waals surface area contributed by atoms with Gasteiger partial charge in [0, 0.05) is 19.0 Å². The van der Waals surface area contributed by atoms with Crippen LogP contribution in [0.25, 0.3) is 0 Å². The highest BCUT2D eigenvalue weighted by Crippen LogP contribution is 2.60. The van der Waals surface area contributed by atoms with E-state index < -0.39 is 83.7 Å². The molecule has 0 spiro atoms. The number of hydrogen-bond donors (Lipinski definition) is 5. The van der Waals surface area contributed by atoms with Gasteiger partial charge in [0.25, 0.3) is 0 Å². The number of ether oxygens (including phenoxy) is 4. The highest BCUT2D eigenvalue weighted by Gasteiger charge is 2.46. The van der Waals surface area contributed by atoms with Crippen molar-refractivity contribution in [3.8, 4) is 0 Å². The summed E-state index contributed by atoms with van der Waals surface area (Å²) >= 11 is 0. The van der Waals surface area contributed by atoms with Gasteiger partial charge in [-0.2, -0.15) is 9.29 Å². The normalized spacial score (nSPS) is 22.4. The maximum atomic E-state index is 12.9. The Morgan fingerprint density at radius 3 is 1.88 bits per heavy atom. The molecule has 0 bridgehead atoms. The van der Waals surface area contributed by atoms with Crippen molar-refractivity contribution in [2.75, 3.05) is 25.6 Å². The smallest absolute Gasteiger partial charge is 0.462 e. The van der Waals surface area contributed by atoms with Crippen molar-refractivity contribution in [1.29, 1.82) is 0 Å². The second-order valence-corrected chi connectivity index (χ2v) is 20.7. The lowest BCUT2D eigenvalue weighted by Gasteiger charge is -2.21. The van der Waals surface area contributed by atoms with E-state index in [0.717, 1.165) is 87.8 Å². The van der Waals surface area contributed by atoms with Crippen LogP contribution >= 0.6 is 15.6 Å². The number of nitrogen functional groups attached to an aromatic ring is 1. The average molecular weight is 1070 g/mol. The molecule has 9 atom stereocenters. The minimum Gasteiger partial charge on any atom is -0.462 e. The summed E-state index contributed by atoms with van der Waals surface area (Å²) in [6.45, 7) is 1.92. The molecule has 2 aliphatic rings. The Balaban J connectivity index is 1.42. The first kappa shape index (κ1) is 63.2. The Morgan fingerprint density at radius 2 is 1.23 bits per heavy atom. The third kappa shape index (κ3) is 29.0. The number of hydrogen-bond acceptors (Lipinski definition) is 16. The number of aromatic nitrogens is 2. The molecule has 6 N–H and O–H groups in total. The highest BCUT2D eigenvalue weighted by molar-refractivity contribution is 7.61. The number of phosphoric ester groups is 2. The van der Waals surface area contributed by atoms with Crippen LogP contribution in [0.15, 0.2) is 102 Å². The average Bonchev–Trinajstić information content (AvgIpc) is 4.04. The molecule has 0 aromatic carbocycles. The highest BCUT2D eigenvalue weighted by atomic mass is 31.3. The molecule has 0 amide bonds. The number of anilines is 1. The van der Waals surface area contributed by atoms with Crippen LogP contribution in [0, 0.1) is 0 Å². The molecule has 1 aromatic rings. The molecule has 410 valence electrons. The van der Waals surface area contributed by atoms with Gasteiger partial charge in [0.1, 0.15) is 30.7 Å². The molecule has 19 nitrogen and oxygen atoms in total. The first-order valence-electron chi connectivity index (χ1n) is 25.7. The van der Waals surface area contributed by atoms with Gasteiger partial charge in [0.15, 0.2) is 12.3 Å². The fourth-order valence-corrected chi connectivity index (χ4v) is 9.39. The van der Waals surface area contributed by atoms with Crippen molar-refractivity contribution in [2.24, 2.45) is 0 Å². The van der Waals surface area contributed by atoms with Crippen LogP contribution < -0.4 is 11.4 Å². The topological polar surface area (TPSA) is 278 Å². The van der Waals surface area contributed by atoms with Gasteiger partial charge in [-0.1, -0.05) is 125 Å². The molecule has 0 aliphatic carbocycles. The number of aliphatic hydroxyl groups is 2. The van der Waals surface area contributed by atoms with Crippen LogP contribution in [0.4, 0.5) is 5.82 Å². The molecule has 73 heavy (non-hydrogen) atoms. The van der Waals surface area contributed by atoms with Crippen LogP contribution in [0.3, 0.4) is 0 Å². The van der Waals surface area contributed by atoms with Gasteiger partial charge in [-0.25, -0.2) is 13.9 Å². The van der Waals surface area contributed by atoms with E-state index in [1.54, 1.807) is 0 Å². The van der Waals surface area contributed by atoms with Gasteiger partial charge in [-0.15, -0.1) is 0 Å². The lowest BCUT2D eigenvalue weighted by atomic mass is 10.1. The molecule has 21 heteroatoms. The summed E-state index contributed by atoms with van der Waals surface area (Å²) in [5.74, 6) is -1.41. The number of nitrogens with two attached hydrogens (primary N) is 1. The lowest BCUT2D eigenvalue weighted by Crippen LogP contribution is -2.36. The largest absolute Gasteiger partial charge is 0.481 e. The first-order valence-corrected chi connectivity index (χ1v) is 28.7. The monoisotopic (exact) mass is 1070 g/mol. The van der Waals surface area contributed by atoms with Gasteiger partial charge >= 0.3 is 33.3 Å². The van der Waals surface area contributed by atoms with E-state index in [9.17, 15) is 43.5 Å². The summed E-state index contributed by atoms with van der Waals surface area (Å²) < 4.78 is 62.5. The zero-order valence-corrected chi connectivity index (χ0v) is 44.4. The van der Waals surface area contributed by atoms with Gasteiger partial charge < -0.3 is 44.7 Å². The summed E-state index contributed by atoms with van der Waals surface area (Å²) in [7, 11) is -10.9. The molecule has 0 radical (unpaired) electrons. The number of nitrogens with zero attached hydrogens (tertiary/aromatic N) is 2. The second-order valence-electron chi connectivity index (χ2n) is 17.7. The number of rotatable bonds is 40. The van der Waals surface area contributed by atoms with Crippen molar-refractivity contribution >= 4 is 33.4 Å². The number of epoxide rings is 1. The molecule has 3 rings (SSSR count). The number of carbonyl (C=O) groups excluding carboxylic acids is 2. The summed E-state index contributed by atoms with van der Waals surface area (Å²) in [6.07, 6.45) is 39.8. The number of carbonyl (C=O) groups is 2. The maximum Gasteiger partial charge on any atom is 0.481 e. The zero-order valence-electron chi connectivity index (χ0n) is 42.6. The summed E-state index contributed by atoms with van der Waals surface area (Å²) in [4.78, 5) is 62.0. The third-order valence-corrected chi connectivity index (χ3v) is 14.0. The van der Waals surface area contributed by atoms with E-state index in [-0.39, 0.29) is 24.8 Å². The number of esters is 2. The minimum absolute atomic E-state index is 0.00274. The molecule has 2 saturated heterocycles. The number of allylic oxidation sites excluding steroid dienone is 12. The van der Waals surface area contributed by atoms with Crippen LogP contribution in [0.1, 0.15) is 148 Å². The standard InChI is InChI=1S/C52H81N3O16P2/c1-3-5-7-9-11-12-13-14-15-16-17-18-19-20-23-28-32-36-48(57)68-42(39-65-47(56)35-31-27-24-21-22-26-30-34-44-43(69-44)33-29-25-10-8-6-4-2)40-66-72(61,62)71-73(63,64)67-41-45-49(58)50(59)51(70-45)55-38-37-46(53)54-52(55)60/h5,7,11-12,14-15,17-18,21,24-26,29-30,37-38,42-45,49-51,58-59H,3-4,6,8-10,13,16,19-20,22-23,27-28,31-36,39-41H2,1-2H3,(H,61,62)(H,63,64)(H2,53,54,60)/b7-5-,12-11-,15-14-,18-17-,24-21-,29-25-,30-26-/t42-,43?,44?,45-,49-,50-,51-/m1/s1. The molecule has 1 aromatic heterocycles. The lowest BCUT2D eigenvalue weighted by molar-refractivity contribution is -0.161. The molecule has 2 aliphatic heterocycles. The SMILES string of the molecule is CC/C=C\C/C=C\C/C=C\C/C=C\CCCCCCC(=O)O[C@H](COC(=O)CCC/C=C\C/C=C\CC1OC1C/C=C\CCCCC)COP(=O)(O)OP(=O)(O)OC[C@H]1O[C@@H](n2ccc(N)nc2=O)[C@H](O)[C@@H]1O. The summed E-state index contributed by atoms with van der Waals surface area (Å²) in [5.41, 5.74) is 4.58. The minimum atomic E-state index is -5.45. The van der Waals surface area contributed by atoms with Crippen LogP contribution in [-0.4, -0.2) is 97.9 Å². The third-order valence-electron chi connectivity index (χ3n) is 11.4. The summed E-state index contributed by atoms with van der Waals surface area (Å²) in [6, 6.07) is 1.24. The molecule has 4 unspecified atom stereocenters. The van der Waals surface area contributed by atoms with Crippen LogP contribution in [0.5, 0.6) is 0 Å². The van der Waals surface area contributed by atoms with E-state index >= 15 is 0 Å². The first-order chi connectivity index (χ1) is 35.1. The van der Waals surface area contributed by atoms with Crippen LogP contribution in [-0.2, 0) is 51.0 Å². The molecular weight excluding hydrogens is 985 g/mol. The van der Waals surface area contributed by atoms with Gasteiger partial charge in [0.2, 0.25) is 0 Å². The number of aliphatic hydroxyl groups excluding tert-OH is 2. The Kier molecular flexibility index (Phi) is 31.8. The second kappa shape index (κ2) is 36.8. The predicted molar refractivity (Wildman–Crippen MR) is 279 cm³/mol. The van der Waals surface area contributed by atoms with Gasteiger partial charge in [0.05, 0.1) is 25.4 Å². The van der Waals surface area contributed by atoms with E-state index in [1.165, 1.54) is 25.3 Å². The maximum absolute atomic E-state index is 12.9. The molecular formula is C52H81N3O16P2. The fraction of sp³-hybridized carbons (Fsp3) is 0.615. The van der Waals surface area contributed by atoms with Gasteiger partial charge in [-0.3, -0.25) is 23.2 Å². The van der Waals surface area contributed by atoms with Crippen molar-refractivity contribution in [1.82, 2.24) is 9.55 Å². The Morgan fingerprint density at radius 1 is 0.685 bits per heavy atom. The van der Waals surface area contributed by atoms with Crippen molar-refractivity contribution in [3.63, 3.8) is 0 Å².